The predicted octanol–water partition coefficient (Wildman–Crippen LogP) is 4.26. The van der Waals surface area contributed by atoms with E-state index in [1.807, 2.05) is 30.3 Å². The van der Waals surface area contributed by atoms with Crippen LogP contribution in [-0.2, 0) is 0 Å². The number of carbonyl (C=O) groups excluding carboxylic acids is 1. The molecule has 2 rings (SSSR count). The molecular formula is C19H29NO. The fourth-order valence-electron chi connectivity index (χ4n) is 3.39. The Hall–Kier alpha value is -1.15. The first-order valence-electron chi connectivity index (χ1n) is 8.39. The summed E-state index contributed by atoms with van der Waals surface area (Å²) in [5.41, 5.74) is 0.847. The molecule has 1 aromatic carbocycles. The third-order valence-corrected chi connectivity index (χ3v) is 4.85. The van der Waals surface area contributed by atoms with Gasteiger partial charge in [0.2, 0.25) is 0 Å². The maximum Gasteiger partial charge on any atom is 0.166 e. The van der Waals surface area contributed by atoms with Crippen molar-refractivity contribution in [1.82, 2.24) is 4.90 Å². The monoisotopic (exact) mass is 287 g/mol. The Morgan fingerprint density at radius 2 is 1.86 bits per heavy atom. The van der Waals surface area contributed by atoms with Crippen molar-refractivity contribution in [1.29, 1.82) is 0 Å². The molecule has 2 nitrogen and oxygen atoms in total. The zero-order chi connectivity index (χ0) is 15.2. The molecule has 0 amide bonds. The molecule has 1 heterocycles. The number of carbonyl (C=O) groups is 1. The van der Waals surface area contributed by atoms with E-state index in [4.69, 9.17) is 0 Å². The van der Waals surface area contributed by atoms with Gasteiger partial charge in [0, 0.05) is 18.0 Å². The van der Waals surface area contributed by atoms with E-state index in [2.05, 4.69) is 25.7 Å². The molecule has 0 spiro atoms. The molecule has 116 valence electrons. The van der Waals surface area contributed by atoms with E-state index in [-0.39, 0.29) is 11.7 Å². The number of hydrogen-bond acceptors (Lipinski definition) is 2. The normalized spacial score (nSPS) is 22.0. The van der Waals surface area contributed by atoms with Crippen LogP contribution in [0, 0.1) is 17.8 Å². The van der Waals surface area contributed by atoms with Gasteiger partial charge in [-0.15, -0.1) is 0 Å². The lowest BCUT2D eigenvalue weighted by Crippen LogP contribution is -2.33. The minimum atomic E-state index is 0.0861. The van der Waals surface area contributed by atoms with Crippen molar-refractivity contribution < 1.29 is 4.79 Å². The first kappa shape index (κ1) is 16.2. The average molecular weight is 287 g/mol. The molecule has 1 aliphatic rings. The lowest BCUT2D eigenvalue weighted by Gasteiger charge is -2.24. The molecule has 1 saturated heterocycles. The van der Waals surface area contributed by atoms with Gasteiger partial charge in [-0.05, 0) is 44.2 Å². The number of rotatable bonds is 5. The van der Waals surface area contributed by atoms with Crippen LogP contribution in [0.1, 0.15) is 50.4 Å². The molecule has 0 radical (unpaired) electrons. The van der Waals surface area contributed by atoms with E-state index >= 15 is 0 Å². The van der Waals surface area contributed by atoms with Crippen LogP contribution in [0.4, 0.5) is 0 Å². The van der Waals surface area contributed by atoms with E-state index in [0.717, 1.165) is 37.0 Å². The van der Waals surface area contributed by atoms with Gasteiger partial charge in [-0.25, -0.2) is 0 Å². The van der Waals surface area contributed by atoms with Gasteiger partial charge in [-0.1, -0.05) is 51.1 Å². The van der Waals surface area contributed by atoms with Crippen LogP contribution in [0.15, 0.2) is 30.3 Å². The van der Waals surface area contributed by atoms with Crippen LogP contribution in [-0.4, -0.2) is 30.3 Å². The highest BCUT2D eigenvalue weighted by molar-refractivity contribution is 5.97. The zero-order valence-electron chi connectivity index (χ0n) is 13.7. The van der Waals surface area contributed by atoms with Gasteiger partial charge in [0.1, 0.15) is 0 Å². The second-order valence-corrected chi connectivity index (χ2v) is 6.87. The number of benzene rings is 1. The fourth-order valence-corrected chi connectivity index (χ4v) is 3.39. The largest absolute Gasteiger partial charge is 0.303 e. The number of hydrogen-bond donors (Lipinski definition) is 0. The van der Waals surface area contributed by atoms with Crippen molar-refractivity contribution >= 4 is 5.78 Å². The molecule has 0 bridgehead atoms. The second kappa shape index (κ2) is 7.74. The molecule has 2 unspecified atom stereocenters. The number of nitrogens with zero attached hydrogens (tertiary/aromatic N) is 1. The minimum absolute atomic E-state index is 0.0861. The molecule has 2 atom stereocenters. The number of Topliss-reactive ketones (excluding diaryl/α,β-unsaturated/α-hetero) is 1. The Balaban J connectivity index is 1.88. The molecule has 1 aromatic rings. The van der Waals surface area contributed by atoms with Crippen LogP contribution in [0.2, 0.25) is 0 Å². The molecule has 0 N–H and O–H groups in total. The van der Waals surface area contributed by atoms with Crippen LogP contribution >= 0.6 is 0 Å². The van der Waals surface area contributed by atoms with Crippen molar-refractivity contribution in [2.24, 2.45) is 17.8 Å². The summed E-state index contributed by atoms with van der Waals surface area (Å²) in [5, 5.41) is 0. The third kappa shape index (κ3) is 4.67. The fraction of sp³-hybridized carbons (Fsp3) is 0.632. The lowest BCUT2D eigenvalue weighted by atomic mass is 9.89. The minimum Gasteiger partial charge on any atom is -0.303 e. The first-order chi connectivity index (χ1) is 10.1. The first-order valence-corrected chi connectivity index (χ1v) is 8.39. The highest BCUT2D eigenvalue weighted by Gasteiger charge is 2.23. The van der Waals surface area contributed by atoms with Crippen molar-refractivity contribution in [3.8, 4) is 0 Å². The topological polar surface area (TPSA) is 20.3 Å². The van der Waals surface area contributed by atoms with E-state index in [0.29, 0.717) is 0 Å². The Morgan fingerprint density at radius 3 is 2.52 bits per heavy atom. The summed E-state index contributed by atoms with van der Waals surface area (Å²) in [6, 6.07) is 9.70. The molecule has 0 saturated carbocycles. The van der Waals surface area contributed by atoms with Crippen LogP contribution < -0.4 is 0 Å². The zero-order valence-corrected chi connectivity index (χ0v) is 13.7. The summed E-state index contributed by atoms with van der Waals surface area (Å²) in [6.07, 6.45) is 3.90. The van der Waals surface area contributed by atoms with Gasteiger partial charge in [0.05, 0.1) is 0 Å². The molecule has 0 aromatic heterocycles. The summed E-state index contributed by atoms with van der Waals surface area (Å²) < 4.78 is 0. The average Bonchev–Trinajstić information content (AvgIpc) is 2.73. The number of likely N-dealkylation sites (tertiary alicyclic amines) is 1. The standard InChI is InChI=1S/C19H29NO/c1-15(2)17-10-7-12-20(13-11-17)14-16(3)19(21)18-8-5-4-6-9-18/h4-6,8-9,15-17H,7,10-14H2,1-3H3. The summed E-state index contributed by atoms with van der Waals surface area (Å²) in [5.74, 6) is 2.01. The molecular weight excluding hydrogens is 258 g/mol. The van der Waals surface area contributed by atoms with Crippen LogP contribution in [0.25, 0.3) is 0 Å². The maximum atomic E-state index is 12.5. The van der Waals surface area contributed by atoms with E-state index in [9.17, 15) is 4.79 Å². The summed E-state index contributed by atoms with van der Waals surface area (Å²) >= 11 is 0. The van der Waals surface area contributed by atoms with Gasteiger partial charge in [0.25, 0.3) is 0 Å². The smallest absolute Gasteiger partial charge is 0.166 e. The van der Waals surface area contributed by atoms with Crippen molar-refractivity contribution in [2.75, 3.05) is 19.6 Å². The lowest BCUT2D eigenvalue weighted by molar-refractivity contribution is 0.0894. The van der Waals surface area contributed by atoms with E-state index in [1.165, 1.54) is 19.3 Å². The van der Waals surface area contributed by atoms with Crippen molar-refractivity contribution in [2.45, 2.75) is 40.0 Å². The number of ketones is 1. The van der Waals surface area contributed by atoms with Gasteiger partial charge in [-0.2, -0.15) is 0 Å². The quantitative estimate of drug-likeness (QED) is 0.754. The maximum absolute atomic E-state index is 12.5. The predicted molar refractivity (Wildman–Crippen MR) is 88.6 cm³/mol. The molecule has 2 heteroatoms. The van der Waals surface area contributed by atoms with Gasteiger partial charge in [-0.3, -0.25) is 4.79 Å². The molecule has 0 aliphatic carbocycles. The highest BCUT2D eigenvalue weighted by atomic mass is 16.1. The Morgan fingerprint density at radius 1 is 1.14 bits per heavy atom. The molecule has 1 fully saturated rings. The van der Waals surface area contributed by atoms with Crippen molar-refractivity contribution in [3.63, 3.8) is 0 Å². The molecule has 21 heavy (non-hydrogen) atoms. The third-order valence-electron chi connectivity index (χ3n) is 4.85. The molecule has 1 aliphatic heterocycles. The van der Waals surface area contributed by atoms with Gasteiger partial charge < -0.3 is 4.90 Å². The summed E-state index contributed by atoms with van der Waals surface area (Å²) in [4.78, 5) is 14.9. The van der Waals surface area contributed by atoms with Gasteiger partial charge in [0.15, 0.2) is 5.78 Å². The Labute approximate surface area is 129 Å². The van der Waals surface area contributed by atoms with Gasteiger partial charge >= 0.3 is 0 Å². The second-order valence-electron chi connectivity index (χ2n) is 6.87. The van der Waals surface area contributed by atoms with Crippen LogP contribution in [0.5, 0.6) is 0 Å². The van der Waals surface area contributed by atoms with Crippen molar-refractivity contribution in [3.05, 3.63) is 35.9 Å². The Bertz CT molecular complexity index is 440. The highest BCUT2D eigenvalue weighted by Crippen LogP contribution is 2.25. The van der Waals surface area contributed by atoms with Crippen LogP contribution in [0.3, 0.4) is 0 Å². The Kier molecular flexibility index (Phi) is 5.98. The summed E-state index contributed by atoms with van der Waals surface area (Å²) in [6.45, 7) is 9.94. The summed E-state index contributed by atoms with van der Waals surface area (Å²) in [7, 11) is 0. The van der Waals surface area contributed by atoms with E-state index in [1.54, 1.807) is 0 Å². The van der Waals surface area contributed by atoms with E-state index < -0.39 is 0 Å². The SMILES string of the molecule is CC(CN1CCCC(C(C)C)CC1)C(=O)c1ccccc1.